The van der Waals surface area contributed by atoms with E-state index in [1.54, 1.807) is 18.6 Å². The Hall–Kier alpha value is -2.41. The molecular weight excluding hydrogens is 232 g/mol. The summed E-state index contributed by atoms with van der Waals surface area (Å²) < 4.78 is 0. The molecule has 1 nitrogen and oxygen atoms in total. The molecule has 0 bridgehead atoms. The summed E-state index contributed by atoms with van der Waals surface area (Å²) in [4.78, 5) is 11.6. The molecule has 2 rings (SSSR count). The van der Waals surface area contributed by atoms with Crippen LogP contribution in [0.25, 0.3) is 12.2 Å². The zero-order valence-corrected chi connectivity index (χ0v) is 10.6. The third-order valence-electron chi connectivity index (χ3n) is 2.59. The van der Waals surface area contributed by atoms with E-state index in [0.717, 1.165) is 11.1 Å². The van der Waals surface area contributed by atoms with Crippen LogP contribution >= 0.6 is 0 Å². The van der Waals surface area contributed by atoms with Gasteiger partial charge in [0.1, 0.15) is 0 Å². The summed E-state index contributed by atoms with van der Waals surface area (Å²) in [6.45, 7) is 0. The van der Waals surface area contributed by atoms with E-state index in [1.165, 1.54) is 0 Å². The van der Waals surface area contributed by atoms with Crippen LogP contribution in [0.4, 0.5) is 0 Å². The predicted molar refractivity (Wildman–Crippen MR) is 80.3 cm³/mol. The van der Waals surface area contributed by atoms with Crippen LogP contribution in [-0.4, -0.2) is 5.78 Å². The minimum absolute atomic E-state index is 0.0176. The number of rotatable bonds is 5. The highest BCUT2D eigenvalue weighted by Crippen LogP contribution is 2.04. The Kier molecular flexibility index (Phi) is 4.88. The molecule has 0 unspecified atom stereocenters. The number of carbonyl (C=O) groups excluding carboxylic acids is 1. The van der Waals surface area contributed by atoms with Crippen molar-refractivity contribution in [2.45, 2.75) is 0 Å². The second kappa shape index (κ2) is 7.12. The van der Waals surface area contributed by atoms with Gasteiger partial charge >= 0.3 is 0 Å². The van der Waals surface area contributed by atoms with Crippen LogP contribution in [0.5, 0.6) is 0 Å². The Balaban J connectivity index is 1.85. The van der Waals surface area contributed by atoms with Gasteiger partial charge in [-0.15, -0.1) is 0 Å². The van der Waals surface area contributed by atoms with Crippen molar-refractivity contribution in [3.8, 4) is 0 Å². The van der Waals surface area contributed by atoms with Gasteiger partial charge in [-0.05, 0) is 17.2 Å². The van der Waals surface area contributed by atoms with Crippen LogP contribution in [-0.2, 0) is 4.79 Å². The van der Waals surface area contributed by atoms with Crippen molar-refractivity contribution in [1.82, 2.24) is 0 Å². The van der Waals surface area contributed by atoms with Gasteiger partial charge in [-0.1, -0.05) is 78.9 Å². The minimum atomic E-state index is -0.0176. The molecule has 1 heteroatoms. The highest BCUT2D eigenvalue weighted by atomic mass is 16.1. The first-order valence-electron chi connectivity index (χ1n) is 6.18. The van der Waals surface area contributed by atoms with Crippen LogP contribution in [0.1, 0.15) is 11.1 Å². The number of hydrogen-bond acceptors (Lipinski definition) is 1. The summed E-state index contributed by atoms with van der Waals surface area (Å²) in [6.07, 6.45) is 8.63. The van der Waals surface area contributed by atoms with E-state index in [4.69, 9.17) is 0 Å². The van der Waals surface area contributed by atoms with Gasteiger partial charge in [0.25, 0.3) is 0 Å². The van der Waals surface area contributed by atoms with Crippen molar-refractivity contribution in [1.29, 1.82) is 0 Å². The summed E-state index contributed by atoms with van der Waals surface area (Å²) in [6, 6.07) is 19.7. The molecule has 0 saturated heterocycles. The highest BCUT2D eigenvalue weighted by molar-refractivity contribution is 6.01. The van der Waals surface area contributed by atoms with Crippen molar-refractivity contribution in [3.63, 3.8) is 0 Å². The number of ketones is 1. The molecule has 2 aromatic rings. The van der Waals surface area contributed by atoms with Gasteiger partial charge in [0, 0.05) is 0 Å². The van der Waals surface area contributed by atoms with E-state index in [9.17, 15) is 4.79 Å². The van der Waals surface area contributed by atoms with Crippen LogP contribution in [0, 0.1) is 6.42 Å². The van der Waals surface area contributed by atoms with Gasteiger partial charge in [0.2, 0.25) is 0 Å². The maximum atomic E-state index is 11.6. The number of carbonyl (C=O) groups is 1. The van der Waals surface area contributed by atoms with Gasteiger partial charge in [0.15, 0.2) is 5.78 Å². The Labute approximate surface area is 113 Å². The molecule has 2 aromatic carbocycles. The normalized spacial score (nSPS) is 11.2. The monoisotopic (exact) mass is 247 g/mol. The second-order valence-corrected chi connectivity index (χ2v) is 4.08. The van der Waals surface area contributed by atoms with Gasteiger partial charge < -0.3 is 0 Å². The van der Waals surface area contributed by atoms with Gasteiger partial charge in [0.05, 0.1) is 6.42 Å². The van der Waals surface area contributed by atoms with Crippen molar-refractivity contribution in [2.75, 3.05) is 0 Å². The molecule has 0 amide bonds. The van der Waals surface area contributed by atoms with Crippen LogP contribution in [0.3, 0.4) is 0 Å². The molecule has 1 radical (unpaired) electrons. The van der Waals surface area contributed by atoms with Crippen LogP contribution < -0.4 is 0 Å². The summed E-state index contributed by atoms with van der Waals surface area (Å²) >= 11 is 0. The fourth-order valence-electron chi connectivity index (χ4n) is 1.62. The summed E-state index contributed by atoms with van der Waals surface area (Å²) in [5, 5.41) is 0. The lowest BCUT2D eigenvalue weighted by atomic mass is 10.1. The van der Waals surface area contributed by atoms with E-state index in [1.807, 2.05) is 72.8 Å². The highest BCUT2D eigenvalue weighted by Gasteiger charge is 1.93. The molecule has 0 N–H and O–H groups in total. The van der Waals surface area contributed by atoms with E-state index in [0.29, 0.717) is 0 Å². The average molecular weight is 247 g/mol. The van der Waals surface area contributed by atoms with Crippen molar-refractivity contribution in [3.05, 3.63) is 90.4 Å². The first kappa shape index (κ1) is 13.0. The van der Waals surface area contributed by atoms with Crippen molar-refractivity contribution >= 4 is 17.9 Å². The molecule has 0 aliphatic heterocycles. The Bertz CT molecular complexity index is 565. The zero-order chi connectivity index (χ0) is 13.3. The minimum Gasteiger partial charge on any atom is -0.294 e. The first-order chi connectivity index (χ1) is 9.34. The van der Waals surface area contributed by atoms with Crippen LogP contribution in [0.15, 0.2) is 72.8 Å². The van der Waals surface area contributed by atoms with Gasteiger partial charge in [-0.3, -0.25) is 4.79 Å². The summed E-state index contributed by atoms with van der Waals surface area (Å²) in [5.41, 5.74) is 2.11. The average Bonchev–Trinajstić information content (AvgIpc) is 2.47. The zero-order valence-electron chi connectivity index (χ0n) is 10.6. The standard InChI is InChI=1S/C18H15O/c19-18(15-14-17-10-5-2-6-11-17)13-7-12-16-8-3-1-4-9-16/h1-15H/b12-7+,15-14+. The number of benzene rings is 2. The SMILES string of the molecule is O=C([CH]/C=C/c1ccccc1)/C=C/c1ccccc1. The topological polar surface area (TPSA) is 17.1 Å². The Morgan fingerprint density at radius 1 is 0.737 bits per heavy atom. The van der Waals surface area contributed by atoms with E-state index in [-0.39, 0.29) is 5.78 Å². The second-order valence-electron chi connectivity index (χ2n) is 4.08. The van der Waals surface area contributed by atoms with Crippen molar-refractivity contribution < 1.29 is 4.79 Å². The lowest BCUT2D eigenvalue weighted by Crippen LogP contribution is -1.89. The van der Waals surface area contributed by atoms with Crippen LogP contribution in [0.2, 0.25) is 0 Å². The largest absolute Gasteiger partial charge is 0.294 e. The first-order valence-corrected chi connectivity index (χ1v) is 6.18. The predicted octanol–water partition coefficient (Wildman–Crippen LogP) is 4.19. The molecule has 0 aliphatic rings. The van der Waals surface area contributed by atoms with E-state index < -0.39 is 0 Å². The molecule has 93 valence electrons. The van der Waals surface area contributed by atoms with Crippen molar-refractivity contribution in [2.24, 2.45) is 0 Å². The lowest BCUT2D eigenvalue weighted by molar-refractivity contribution is -0.111. The smallest absolute Gasteiger partial charge is 0.163 e. The number of allylic oxidation sites excluding steroid dienone is 2. The lowest BCUT2D eigenvalue weighted by Gasteiger charge is -1.92. The molecule has 0 saturated carbocycles. The summed E-state index contributed by atoms with van der Waals surface area (Å²) in [7, 11) is 0. The molecule has 0 atom stereocenters. The third-order valence-corrected chi connectivity index (χ3v) is 2.59. The quantitative estimate of drug-likeness (QED) is 0.724. The molecular formula is C18H15O. The number of hydrogen-bond donors (Lipinski definition) is 0. The van der Waals surface area contributed by atoms with E-state index >= 15 is 0 Å². The molecule has 0 fully saturated rings. The summed E-state index contributed by atoms with van der Waals surface area (Å²) in [5.74, 6) is -0.0176. The fourth-order valence-corrected chi connectivity index (χ4v) is 1.62. The van der Waals surface area contributed by atoms with E-state index in [2.05, 4.69) is 0 Å². The molecule has 0 aromatic heterocycles. The molecule has 19 heavy (non-hydrogen) atoms. The van der Waals surface area contributed by atoms with Gasteiger partial charge in [-0.25, -0.2) is 0 Å². The fraction of sp³-hybridized carbons (Fsp3) is 0. The maximum absolute atomic E-state index is 11.6. The Morgan fingerprint density at radius 3 is 1.84 bits per heavy atom. The third kappa shape index (κ3) is 4.76. The molecule has 0 heterocycles. The molecule has 0 spiro atoms. The molecule has 0 aliphatic carbocycles. The van der Waals surface area contributed by atoms with Gasteiger partial charge in [-0.2, -0.15) is 0 Å². The maximum Gasteiger partial charge on any atom is 0.163 e. The Morgan fingerprint density at radius 2 is 1.26 bits per heavy atom.